The Bertz CT molecular complexity index is 705. The lowest BCUT2D eigenvalue weighted by molar-refractivity contribution is -0.116. The van der Waals surface area contributed by atoms with Crippen LogP contribution < -0.4 is 10.5 Å². The van der Waals surface area contributed by atoms with Gasteiger partial charge in [0.1, 0.15) is 18.1 Å². The van der Waals surface area contributed by atoms with Crippen molar-refractivity contribution in [3.8, 4) is 5.75 Å². The maximum Gasteiger partial charge on any atom is 0.167 e. The normalized spacial score (nSPS) is 10.3. The Labute approximate surface area is 136 Å². The molecule has 23 heavy (non-hydrogen) atoms. The van der Waals surface area contributed by atoms with E-state index in [4.69, 9.17) is 10.5 Å². The molecule has 120 valence electrons. The Morgan fingerprint density at radius 3 is 2.39 bits per heavy atom. The molecule has 0 amide bonds. The van der Waals surface area contributed by atoms with E-state index < -0.39 is 0 Å². The summed E-state index contributed by atoms with van der Waals surface area (Å²) in [5, 5.41) is 0. The van der Waals surface area contributed by atoms with E-state index in [1.165, 1.54) is 6.92 Å². The Morgan fingerprint density at radius 2 is 1.74 bits per heavy atom. The van der Waals surface area contributed by atoms with Crippen LogP contribution in [0.4, 0.5) is 5.69 Å². The highest BCUT2D eigenvalue weighted by atomic mass is 16.5. The van der Waals surface area contributed by atoms with Crippen LogP contribution in [-0.4, -0.2) is 11.6 Å². The van der Waals surface area contributed by atoms with Crippen molar-refractivity contribution in [1.82, 2.24) is 0 Å². The molecule has 0 bridgehead atoms. The van der Waals surface area contributed by atoms with Gasteiger partial charge < -0.3 is 15.3 Å². The van der Waals surface area contributed by atoms with Gasteiger partial charge in [-0.15, -0.1) is 0 Å². The number of ether oxygens (including phenoxy) is 1. The molecule has 0 unspecified atom stereocenters. The first-order chi connectivity index (χ1) is 11.0. The minimum Gasteiger partial charge on any atom is -0.488 e. The average Bonchev–Trinajstić information content (AvgIpc) is 2.53. The standard InChI is InChI=1S/C19H21NO3/c1-13-3-10-19(17(11-13)18(22)9-4-14(2)21)23-12-15-5-7-16(20)8-6-15/h3,5-8,10-11H,4,9,12,20H2,1-2H3. The Morgan fingerprint density at radius 1 is 1.04 bits per heavy atom. The molecule has 0 heterocycles. The van der Waals surface area contributed by atoms with Gasteiger partial charge in [-0.3, -0.25) is 4.79 Å². The predicted octanol–water partition coefficient (Wildman–Crippen LogP) is 3.71. The molecule has 0 atom stereocenters. The summed E-state index contributed by atoms with van der Waals surface area (Å²) in [6.45, 7) is 3.77. The monoisotopic (exact) mass is 311 g/mol. The molecule has 2 rings (SSSR count). The molecule has 2 aromatic rings. The third kappa shape index (κ3) is 4.95. The number of Topliss-reactive ketones (excluding diaryl/α,β-unsaturated/α-hetero) is 2. The fraction of sp³-hybridized carbons (Fsp3) is 0.263. The molecule has 2 N–H and O–H groups in total. The molecular formula is C19H21NO3. The van der Waals surface area contributed by atoms with E-state index in [2.05, 4.69) is 0 Å². The summed E-state index contributed by atoms with van der Waals surface area (Å²) < 4.78 is 5.80. The summed E-state index contributed by atoms with van der Waals surface area (Å²) in [6, 6.07) is 12.9. The molecule has 0 aliphatic rings. The second-order valence-electron chi connectivity index (χ2n) is 5.66. The first-order valence-corrected chi connectivity index (χ1v) is 7.56. The van der Waals surface area contributed by atoms with Crippen LogP contribution in [0.3, 0.4) is 0 Å². The predicted molar refractivity (Wildman–Crippen MR) is 90.6 cm³/mol. The Kier molecular flexibility index (Phi) is 5.52. The fourth-order valence-electron chi connectivity index (χ4n) is 2.19. The van der Waals surface area contributed by atoms with Gasteiger partial charge >= 0.3 is 0 Å². The van der Waals surface area contributed by atoms with Crippen molar-refractivity contribution < 1.29 is 14.3 Å². The lowest BCUT2D eigenvalue weighted by Gasteiger charge is -2.12. The fourth-order valence-corrected chi connectivity index (χ4v) is 2.19. The van der Waals surface area contributed by atoms with Crippen LogP contribution in [0.15, 0.2) is 42.5 Å². The third-order valence-electron chi connectivity index (χ3n) is 3.51. The van der Waals surface area contributed by atoms with E-state index in [1.807, 2.05) is 37.3 Å². The van der Waals surface area contributed by atoms with E-state index in [0.29, 0.717) is 23.6 Å². The molecule has 0 aromatic heterocycles. The number of carbonyl (C=O) groups is 2. The zero-order valence-electron chi connectivity index (χ0n) is 13.5. The highest BCUT2D eigenvalue weighted by Gasteiger charge is 2.14. The second-order valence-corrected chi connectivity index (χ2v) is 5.66. The van der Waals surface area contributed by atoms with Crippen LogP contribution in [0.5, 0.6) is 5.75 Å². The smallest absolute Gasteiger partial charge is 0.167 e. The van der Waals surface area contributed by atoms with Crippen molar-refractivity contribution in [3.05, 3.63) is 59.2 Å². The first-order valence-electron chi connectivity index (χ1n) is 7.56. The number of nitrogens with two attached hydrogens (primary N) is 1. The molecular weight excluding hydrogens is 290 g/mol. The van der Waals surface area contributed by atoms with Gasteiger partial charge in [-0.05, 0) is 43.7 Å². The lowest BCUT2D eigenvalue weighted by atomic mass is 10.0. The zero-order valence-corrected chi connectivity index (χ0v) is 13.5. The number of rotatable bonds is 7. The third-order valence-corrected chi connectivity index (χ3v) is 3.51. The van der Waals surface area contributed by atoms with Gasteiger partial charge in [0.25, 0.3) is 0 Å². The van der Waals surface area contributed by atoms with Crippen LogP contribution in [0.2, 0.25) is 0 Å². The van der Waals surface area contributed by atoms with Crippen LogP contribution in [0.1, 0.15) is 41.3 Å². The quantitative estimate of drug-likeness (QED) is 0.625. The second kappa shape index (κ2) is 7.58. The summed E-state index contributed by atoms with van der Waals surface area (Å²) in [6.07, 6.45) is 0.460. The van der Waals surface area contributed by atoms with E-state index in [1.54, 1.807) is 12.1 Å². The number of ketones is 2. The lowest BCUT2D eigenvalue weighted by Crippen LogP contribution is -2.06. The molecule has 0 spiro atoms. The first kappa shape index (κ1) is 16.7. The summed E-state index contributed by atoms with van der Waals surface area (Å²) >= 11 is 0. The van der Waals surface area contributed by atoms with E-state index in [-0.39, 0.29) is 24.4 Å². The summed E-state index contributed by atoms with van der Waals surface area (Å²) in [7, 11) is 0. The van der Waals surface area contributed by atoms with Gasteiger partial charge in [-0.25, -0.2) is 0 Å². The molecule has 4 heteroatoms. The SMILES string of the molecule is CC(=O)CCC(=O)c1cc(C)ccc1OCc1ccc(N)cc1. The number of hydrogen-bond acceptors (Lipinski definition) is 4. The van der Waals surface area contributed by atoms with Crippen molar-refractivity contribution in [1.29, 1.82) is 0 Å². The molecule has 0 aliphatic heterocycles. The van der Waals surface area contributed by atoms with Crippen LogP contribution in [0, 0.1) is 6.92 Å². The van der Waals surface area contributed by atoms with Crippen molar-refractivity contribution >= 4 is 17.3 Å². The number of hydrogen-bond donors (Lipinski definition) is 1. The summed E-state index contributed by atoms with van der Waals surface area (Å²) in [5.74, 6) is 0.479. The molecule has 0 aliphatic carbocycles. The van der Waals surface area contributed by atoms with Gasteiger partial charge in [0.05, 0.1) is 5.56 Å². The van der Waals surface area contributed by atoms with Gasteiger partial charge in [0.15, 0.2) is 5.78 Å². The van der Waals surface area contributed by atoms with Crippen molar-refractivity contribution in [2.24, 2.45) is 0 Å². The minimum atomic E-state index is -0.0730. The van der Waals surface area contributed by atoms with E-state index >= 15 is 0 Å². The van der Waals surface area contributed by atoms with Crippen LogP contribution in [-0.2, 0) is 11.4 Å². The van der Waals surface area contributed by atoms with E-state index in [0.717, 1.165) is 11.1 Å². The number of benzene rings is 2. The Hall–Kier alpha value is -2.62. The van der Waals surface area contributed by atoms with Gasteiger partial charge in [0.2, 0.25) is 0 Å². The highest BCUT2D eigenvalue weighted by molar-refractivity contribution is 6.00. The van der Waals surface area contributed by atoms with Gasteiger partial charge in [0, 0.05) is 18.5 Å². The molecule has 0 fully saturated rings. The molecule has 0 radical (unpaired) electrons. The van der Waals surface area contributed by atoms with Crippen molar-refractivity contribution in [2.75, 3.05) is 5.73 Å². The highest BCUT2D eigenvalue weighted by Crippen LogP contribution is 2.23. The van der Waals surface area contributed by atoms with Gasteiger partial charge in [-0.2, -0.15) is 0 Å². The van der Waals surface area contributed by atoms with Crippen LogP contribution >= 0.6 is 0 Å². The van der Waals surface area contributed by atoms with E-state index in [9.17, 15) is 9.59 Å². The van der Waals surface area contributed by atoms with Crippen molar-refractivity contribution in [3.63, 3.8) is 0 Å². The maximum absolute atomic E-state index is 12.3. The topological polar surface area (TPSA) is 69.4 Å². The van der Waals surface area contributed by atoms with Crippen molar-refractivity contribution in [2.45, 2.75) is 33.3 Å². The van der Waals surface area contributed by atoms with Crippen LogP contribution in [0.25, 0.3) is 0 Å². The molecule has 0 saturated carbocycles. The summed E-state index contributed by atoms with van der Waals surface area (Å²) in [5.41, 5.74) is 8.84. The molecule has 2 aromatic carbocycles. The largest absolute Gasteiger partial charge is 0.488 e. The average molecular weight is 311 g/mol. The maximum atomic E-state index is 12.3. The summed E-state index contributed by atoms with van der Waals surface area (Å²) in [4.78, 5) is 23.4. The minimum absolute atomic E-state index is 0.00958. The Balaban J connectivity index is 2.12. The zero-order chi connectivity index (χ0) is 16.8. The molecule has 0 saturated heterocycles. The number of anilines is 1. The van der Waals surface area contributed by atoms with Gasteiger partial charge in [-0.1, -0.05) is 23.8 Å². The number of nitrogen functional groups attached to an aromatic ring is 1. The molecule has 4 nitrogen and oxygen atoms in total. The number of aryl methyl sites for hydroxylation is 1. The number of carbonyl (C=O) groups excluding carboxylic acids is 2.